The molecule has 2 heteroatoms. The summed E-state index contributed by atoms with van der Waals surface area (Å²) in [6, 6.07) is 4.80. The van der Waals surface area contributed by atoms with Crippen LogP contribution in [0.2, 0.25) is 0 Å². The number of nitrogens with one attached hydrogen (secondary N) is 1. The molecule has 1 N–H and O–H groups in total. The first-order valence-electron chi connectivity index (χ1n) is 6.47. The number of nitrogens with zero attached hydrogens (tertiary/aromatic N) is 1. The van der Waals surface area contributed by atoms with Gasteiger partial charge >= 0.3 is 0 Å². The minimum absolute atomic E-state index is 0.654. The van der Waals surface area contributed by atoms with Crippen molar-refractivity contribution in [1.29, 1.82) is 0 Å². The van der Waals surface area contributed by atoms with Gasteiger partial charge in [0.15, 0.2) is 0 Å². The molecule has 2 unspecified atom stereocenters. The van der Waals surface area contributed by atoms with E-state index in [-0.39, 0.29) is 0 Å². The van der Waals surface area contributed by atoms with E-state index in [1.165, 1.54) is 37.8 Å². The number of aryl methyl sites for hydroxylation is 1. The molecule has 2 nitrogen and oxygen atoms in total. The summed E-state index contributed by atoms with van der Waals surface area (Å²) in [5.74, 6) is 0.920. The zero-order valence-corrected chi connectivity index (χ0v) is 10.4. The van der Waals surface area contributed by atoms with E-state index in [2.05, 4.69) is 30.2 Å². The highest BCUT2D eigenvalue weighted by Gasteiger charge is 2.20. The highest BCUT2D eigenvalue weighted by Crippen LogP contribution is 2.28. The van der Waals surface area contributed by atoms with Gasteiger partial charge < -0.3 is 5.32 Å². The molecule has 0 amide bonds. The standard InChI is InChI=1S/C14H22N2/c1-3-12-6-4-7-13(10-12)16-14-8-5-9-15-11(14)2/h5,8-9,12-13,16H,3-4,6-7,10H2,1-2H3. The molecule has 1 heterocycles. The fourth-order valence-corrected chi connectivity index (χ4v) is 2.65. The van der Waals surface area contributed by atoms with Crippen LogP contribution in [-0.4, -0.2) is 11.0 Å². The first-order valence-corrected chi connectivity index (χ1v) is 6.47. The van der Waals surface area contributed by atoms with E-state index in [1.807, 2.05) is 12.3 Å². The molecule has 0 aliphatic heterocycles. The van der Waals surface area contributed by atoms with E-state index < -0.39 is 0 Å². The summed E-state index contributed by atoms with van der Waals surface area (Å²) >= 11 is 0. The number of aromatic nitrogens is 1. The monoisotopic (exact) mass is 218 g/mol. The van der Waals surface area contributed by atoms with Crippen LogP contribution in [0.15, 0.2) is 18.3 Å². The van der Waals surface area contributed by atoms with Crippen LogP contribution < -0.4 is 5.32 Å². The van der Waals surface area contributed by atoms with Gasteiger partial charge in [-0.1, -0.05) is 26.2 Å². The molecule has 16 heavy (non-hydrogen) atoms. The first kappa shape index (κ1) is 11.4. The van der Waals surface area contributed by atoms with Crippen molar-refractivity contribution in [2.24, 2.45) is 5.92 Å². The molecule has 88 valence electrons. The molecule has 0 aromatic carbocycles. The van der Waals surface area contributed by atoms with Crippen molar-refractivity contribution in [2.75, 3.05) is 5.32 Å². The van der Waals surface area contributed by atoms with Crippen molar-refractivity contribution in [2.45, 2.75) is 52.0 Å². The fraction of sp³-hybridized carbons (Fsp3) is 0.643. The van der Waals surface area contributed by atoms with Gasteiger partial charge in [-0.2, -0.15) is 0 Å². The number of pyridine rings is 1. The van der Waals surface area contributed by atoms with E-state index in [0.717, 1.165) is 11.6 Å². The highest BCUT2D eigenvalue weighted by atomic mass is 14.9. The summed E-state index contributed by atoms with van der Waals surface area (Å²) in [4.78, 5) is 4.32. The van der Waals surface area contributed by atoms with Gasteiger partial charge in [0.2, 0.25) is 0 Å². The number of hydrogen-bond donors (Lipinski definition) is 1. The third kappa shape index (κ3) is 2.75. The van der Waals surface area contributed by atoms with Crippen LogP contribution >= 0.6 is 0 Å². The lowest BCUT2D eigenvalue weighted by molar-refractivity contribution is 0.327. The first-order chi connectivity index (χ1) is 7.79. The normalized spacial score (nSPS) is 25.4. The summed E-state index contributed by atoms with van der Waals surface area (Å²) in [5, 5.41) is 3.65. The Morgan fingerprint density at radius 3 is 3.06 bits per heavy atom. The van der Waals surface area contributed by atoms with Gasteiger partial charge in [-0.3, -0.25) is 4.98 Å². The van der Waals surface area contributed by atoms with Crippen LogP contribution in [0.5, 0.6) is 0 Å². The Labute approximate surface area is 98.5 Å². The van der Waals surface area contributed by atoms with E-state index in [9.17, 15) is 0 Å². The van der Waals surface area contributed by atoms with E-state index in [0.29, 0.717) is 6.04 Å². The van der Waals surface area contributed by atoms with Crippen molar-refractivity contribution in [3.63, 3.8) is 0 Å². The Morgan fingerprint density at radius 2 is 2.31 bits per heavy atom. The topological polar surface area (TPSA) is 24.9 Å². The van der Waals surface area contributed by atoms with Gasteiger partial charge in [0, 0.05) is 12.2 Å². The molecule has 1 aliphatic rings. The maximum atomic E-state index is 4.32. The average molecular weight is 218 g/mol. The maximum Gasteiger partial charge on any atom is 0.0603 e. The molecule has 0 spiro atoms. The molecule has 2 atom stereocenters. The third-order valence-electron chi connectivity index (χ3n) is 3.73. The molecule has 0 saturated heterocycles. The van der Waals surface area contributed by atoms with Gasteiger partial charge in [-0.25, -0.2) is 0 Å². The molecule has 1 aliphatic carbocycles. The zero-order chi connectivity index (χ0) is 11.4. The minimum Gasteiger partial charge on any atom is -0.381 e. The van der Waals surface area contributed by atoms with E-state index in [4.69, 9.17) is 0 Å². The molecular formula is C14H22N2. The molecule has 1 saturated carbocycles. The SMILES string of the molecule is CCC1CCCC(Nc2cccnc2C)C1. The lowest BCUT2D eigenvalue weighted by Gasteiger charge is -2.30. The van der Waals surface area contributed by atoms with E-state index >= 15 is 0 Å². The predicted molar refractivity (Wildman–Crippen MR) is 68.6 cm³/mol. The molecule has 2 rings (SSSR count). The van der Waals surface area contributed by atoms with Crippen molar-refractivity contribution >= 4 is 5.69 Å². The fourth-order valence-electron chi connectivity index (χ4n) is 2.65. The third-order valence-corrected chi connectivity index (χ3v) is 3.73. The van der Waals surface area contributed by atoms with Crippen molar-refractivity contribution in [3.8, 4) is 0 Å². The molecule has 0 radical (unpaired) electrons. The Hall–Kier alpha value is -1.05. The van der Waals surface area contributed by atoms with Gasteiger partial charge in [0.05, 0.1) is 11.4 Å². The average Bonchev–Trinajstić information content (AvgIpc) is 2.32. The van der Waals surface area contributed by atoms with Crippen molar-refractivity contribution in [1.82, 2.24) is 4.98 Å². The second-order valence-electron chi connectivity index (χ2n) is 4.92. The highest BCUT2D eigenvalue weighted by molar-refractivity contribution is 5.47. The van der Waals surface area contributed by atoms with E-state index in [1.54, 1.807) is 0 Å². The Morgan fingerprint density at radius 1 is 1.44 bits per heavy atom. The lowest BCUT2D eigenvalue weighted by Crippen LogP contribution is -2.27. The van der Waals surface area contributed by atoms with Crippen LogP contribution in [0, 0.1) is 12.8 Å². The Bertz CT molecular complexity index is 335. The molecular weight excluding hydrogens is 196 g/mol. The van der Waals surface area contributed by atoms with Crippen LogP contribution in [-0.2, 0) is 0 Å². The predicted octanol–water partition coefficient (Wildman–Crippen LogP) is 3.77. The Balaban J connectivity index is 1.97. The smallest absolute Gasteiger partial charge is 0.0603 e. The number of anilines is 1. The summed E-state index contributed by atoms with van der Waals surface area (Å²) in [5.41, 5.74) is 2.32. The van der Waals surface area contributed by atoms with Crippen molar-refractivity contribution in [3.05, 3.63) is 24.0 Å². The zero-order valence-electron chi connectivity index (χ0n) is 10.4. The molecule has 0 bridgehead atoms. The lowest BCUT2D eigenvalue weighted by atomic mass is 9.84. The summed E-state index contributed by atoms with van der Waals surface area (Å²) in [7, 11) is 0. The van der Waals surface area contributed by atoms with Gasteiger partial charge in [-0.05, 0) is 37.8 Å². The van der Waals surface area contributed by atoms with Crippen molar-refractivity contribution < 1.29 is 0 Å². The quantitative estimate of drug-likeness (QED) is 0.835. The second kappa shape index (κ2) is 5.33. The van der Waals surface area contributed by atoms with Gasteiger partial charge in [-0.15, -0.1) is 0 Å². The van der Waals surface area contributed by atoms with Crippen LogP contribution in [0.3, 0.4) is 0 Å². The van der Waals surface area contributed by atoms with Crippen LogP contribution in [0.1, 0.15) is 44.7 Å². The summed E-state index contributed by atoms with van der Waals surface area (Å²) in [6.07, 6.45) is 8.60. The maximum absolute atomic E-state index is 4.32. The van der Waals surface area contributed by atoms with Gasteiger partial charge in [0.25, 0.3) is 0 Å². The largest absolute Gasteiger partial charge is 0.381 e. The van der Waals surface area contributed by atoms with Gasteiger partial charge in [0.1, 0.15) is 0 Å². The molecule has 1 aromatic heterocycles. The summed E-state index contributed by atoms with van der Waals surface area (Å²) < 4.78 is 0. The number of hydrogen-bond acceptors (Lipinski definition) is 2. The van der Waals surface area contributed by atoms with Crippen LogP contribution in [0.25, 0.3) is 0 Å². The molecule has 1 aromatic rings. The Kier molecular flexibility index (Phi) is 3.81. The summed E-state index contributed by atoms with van der Waals surface area (Å²) in [6.45, 7) is 4.38. The minimum atomic E-state index is 0.654. The second-order valence-corrected chi connectivity index (χ2v) is 4.92. The molecule has 1 fully saturated rings. The number of rotatable bonds is 3. The van der Waals surface area contributed by atoms with Crippen LogP contribution in [0.4, 0.5) is 5.69 Å².